The van der Waals surface area contributed by atoms with Crippen molar-refractivity contribution in [1.82, 2.24) is 5.32 Å². The molecule has 2 rings (SSSR count). The van der Waals surface area contributed by atoms with Gasteiger partial charge in [0, 0.05) is 6.08 Å². The van der Waals surface area contributed by atoms with E-state index in [9.17, 15) is 4.79 Å². The average molecular weight is 299 g/mol. The maximum atomic E-state index is 11.9. The van der Waals surface area contributed by atoms with Gasteiger partial charge >= 0.3 is 0 Å². The van der Waals surface area contributed by atoms with Crippen molar-refractivity contribution in [2.24, 2.45) is 0 Å². The minimum absolute atomic E-state index is 0.176. The van der Waals surface area contributed by atoms with Crippen LogP contribution in [0.1, 0.15) is 25.2 Å². The largest absolute Gasteiger partial charge is 0.465 e. The summed E-state index contributed by atoms with van der Waals surface area (Å²) in [5.74, 6) is 0.470. The van der Waals surface area contributed by atoms with Crippen LogP contribution in [0.3, 0.4) is 0 Å². The van der Waals surface area contributed by atoms with Crippen molar-refractivity contribution in [1.29, 1.82) is 0 Å². The Morgan fingerprint density at radius 2 is 2.00 bits per heavy atom. The van der Waals surface area contributed by atoms with Crippen molar-refractivity contribution in [2.45, 2.75) is 26.0 Å². The van der Waals surface area contributed by atoms with E-state index >= 15 is 0 Å². The Balaban J connectivity index is 1.76. The highest BCUT2D eigenvalue weighted by molar-refractivity contribution is 5.91. The number of hydrogen-bond donors (Lipinski definition) is 1. The molecule has 0 saturated carbocycles. The third-order valence-electron chi connectivity index (χ3n) is 2.98. The molecule has 0 bridgehead atoms. The molecule has 1 heterocycles. The maximum absolute atomic E-state index is 11.9. The fourth-order valence-electron chi connectivity index (χ4n) is 1.95. The molecule has 116 valence electrons. The van der Waals surface area contributed by atoms with E-state index in [1.807, 2.05) is 44.2 Å². The first-order chi connectivity index (χ1) is 10.6. The van der Waals surface area contributed by atoms with E-state index in [2.05, 4.69) is 5.32 Å². The Kier molecular flexibility index (Phi) is 5.55. The topological polar surface area (TPSA) is 51.5 Å². The molecule has 22 heavy (non-hydrogen) atoms. The maximum Gasteiger partial charge on any atom is 0.244 e. The predicted molar refractivity (Wildman–Crippen MR) is 86.1 cm³/mol. The van der Waals surface area contributed by atoms with Gasteiger partial charge in [0.1, 0.15) is 5.76 Å². The zero-order valence-electron chi connectivity index (χ0n) is 12.9. The number of carbonyl (C=O) groups excluding carboxylic acids is 1. The highest BCUT2D eigenvalue weighted by Gasteiger charge is 2.19. The smallest absolute Gasteiger partial charge is 0.244 e. The molecule has 0 unspecified atom stereocenters. The average Bonchev–Trinajstić information content (AvgIpc) is 2.99. The summed E-state index contributed by atoms with van der Waals surface area (Å²) in [5.41, 5.74) is 0.668. The van der Waals surface area contributed by atoms with E-state index in [1.165, 1.54) is 6.08 Å². The van der Waals surface area contributed by atoms with Crippen molar-refractivity contribution in [2.75, 3.05) is 6.61 Å². The summed E-state index contributed by atoms with van der Waals surface area (Å²) in [4.78, 5) is 11.9. The van der Waals surface area contributed by atoms with Crippen LogP contribution in [0.2, 0.25) is 0 Å². The van der Waals surface area contributed by atoms with E-state index < -0.39 is 5.54 Å². The molecule has 4 heteroatoms. The molecule has 1 N–H and O–H groups in total. The standard InChI is InChI=1S/C18H21NO3/c1-18(2,14-21-13-15-7-4-3-5-8-15)19-17(20)11-10-16-9-6-12-22-16/h3-12H,13-14H2,1-2H3,(H,19,20)/b11-10+. The molecule has 1 aromatic carbocycles. The Bertz CT molecular complexity index is 601. The Morgan fingerprint density at radius 1 is 1.23 bits per heavy atom. The van der Waals surface area contributed by atoms with Crippen LogP contribution in [0, 0.1) is 0 Å². The van der Waals surface area contributed by atoms with Gasteiger partial charge in [-0.05, 0) is 37.6 Å². The van der Waals surface area contributed by atoms with Crippen LogP contribution >= 0.6 is 0 Å². The number of furan rings is 1. The molecule has 4 nitrogen and oxygen atoms in total. The lowest BCUT2D eigenvalue weighted by Gasteiger charge is -2.25. The van der Waals surface area contributed by atoms with E-state index in [-0.39, 0.29) is 5.91 Å². The number of benzene rings is 1. The molecule has 0 aliphatic carbocycles. The molecule has 2 aromatic rings. The molecule has 0 saturated heterocycles. The summed E-state index contributed by atoms with van der Waals surface area (Å²) in [6, 6.07) is 13.5. The van der Waals surface area contributed by atoms with Crippen molar-refractivity contribution in [3.8, 4) is 0 Å². The molecule has 0 atom stereocenters. The summed E-state index contributed by atoms with van der Waals surface area (Å²) in [5, 5.41) is 2.91. The predicted octanol–water partition coefficient (Wildman–Crippen LogP) is 3.40. The lowest BCUT2D eigenvalue weighted by atomic mass is 10.1. The monoisotopic (exact) mass is 299 g/mol. The zero-order valence-corrected chi connectivity index (χ0v) is 12.9. The van der Waals surface area contributed by atoms with Crippen LogP contribution in [-0.4, -0.2) is 18.1 Å². The minimum atomic E-state index is -0.445. The number of ether oxygens (including phenoxy) is 1. The van der Waals surface area contributed by atoms with Gasteiger partial charge in [0.05, 0.1) is 25.0 Å². The highest BCUT2D eigenvalue weighted by atomic mass is 16.5. The first-order valence-electron chi connectivity index (χ1n) is 7.21. The second kappa shape index (κ2) is 7.61. The lowest BCUT2D eigenvalue weighted by Crippen LogP contribution is -2.46. The summed E-state index contributed by atoms with van der Waals surface area (Å²) >= 11 is 0. The van der Waals surface area contributed by atoms with Crippen molar-refractivity contribution in [3.05, 3.63) is 66.1 Å². The fraction of sp³-hybridized carbons (Fsp3) is 0.278. The minimum Gasteiger partial charge on any atom is -0.465 e. The van der Waals surface area contributed by atoms with E-state index in [4.69, 9.17) is 9.15 Å². The summed E-state index contributed by atoms with van der Waals surface area (Å²) in [7, 11) is 0. The highest BCUT2D eigenvalue weighted by Crippen LogP contribution is 2.07. The van der Waals surface area contributed by atoms with E-state index in [0.717, 1.165) is 5.56 Å². The third-order valence-corrected chi connectivity index (χ3v) is 2.98. The number of rotatable bonds is 7. The Morgan fingerprint density at radius 3 is 2.68 bits per heavy atom. The first kappa shape index (κ1) is 16.0. The molecular formula is C18H21NO3. The summed E-state index contributed by atoms with van der Waals surface area (Å²) in [6.07, 6.45) is 4.66. The normalized spacial score (nSPS) is 11.7. The zero-order chi connectivity index (χ0) is 15.8. The van der Waals surface area contributed by atoms with Gasteiger partial charge < -0.3 is 14.5 Å². The Labute approximate surface area is 130 Å². The quantitative estimate of drug-likeness (QED) is 0.797. The van der Waals surface area contributed by atoms with Gasteiger partial charge in [-0.1, -0.05) is 30.3 Å². The molecule has 0 aliphatic heterocycles. The van der Waals surface area contributed by atoms with Gasteiger partial charge in [-0.3, -0.25) is 4.79 Å². The molecule has 0 fully saturated rings. The van der Waals surface area contributed by atoms with Gasteiger partial charge in [0.25, 0.3) is 0 Å². The van der Waals surface area contributed by atoms with Crippen LogP contribution in [0.25, 0.3) is 6.08 Å². The van der Waals surface area contributed by atoms with Gasteiger partial charge in [0.2, 0.25) is 5.91 Å². The number of amides is 1. The van der Waals surface area contributed by atoms with Crippen LogP contribution < -0.4 is 5.32 Å². The number of hydrogen-bond acceptors (Lipinski definition) is 3. The second-order valence-electron chi connectivity index (χ2n) is 5.70. The van der Waals surface area contributed by atoms with Crippen molar-refractivity contribution in [3.63, 3.8) is 0 Å². The van der Waals surface area contributed by atoms with Gasteiger partial charge in [-0.25, -0.2) is 0 Å². The van der Waals surface area contributed by atoms with Gasteiger partial charge in [0.15, 0.2) is 0 Å². The second-order valence-corrected chi connectivity index (χ2v) is 5.70. The molecule has 1 amide bonds. The summed E-state index contributed by atoms with van der Waals surface area (Å²) < 4.78 is 10.8. The van der Waals surface area contributed by atoms with E-state index in [1.54, 1.807) is 24.5 Å². The van der Waals surface area contributed by atoms with Gasteiger partial charge in [-0.15, -0.1) is 0 Å². The molecule has 1 aromatic heterocycles. The van der Waals surface area contributed by atoms with Crippen molar-refractivity contribution < 1.29 is 13.9 Å². The van der Waals surface area contributed by atoms with E-state index in [0.29, 0.717) is 19.0 Å². The molecular weight excluding hydrogens is 278 g/mol. The molecule has 0 aliphatic rings. The van der Waals surface area contributed by atoms with Gasteiger partial charge in [-0.2, -0.15) is 0 Å². The molecule has 0 radical (unpaired) electrons. The summed E-state index contributed by atoms with van der Waals surface area (Å²) in [6.45, 7) is 4.82. The van der Waals surface area contributed by atoms with Crippen LogP contribution in [0.15, 0.2) is 59.2 Å². The van der Waals surface area contributed by atoms with Crippen LogP contribution in [0.5, 0.6) is 0 Å². The fourth-order valence-corrected chi connectivity index (χ4v) is 1.95. The SMILES string of the molecule is CC(C)(COCc1ccccc1)NC(=O)/C=C/c1ccco1. The van der Waals surface area contributed by atoms with Crippen LogP contribution in [0.4, 0.5) is 0 Å². The lowest BCUT2D eigenvalue weighted by molar-refractivity contribution is -0.118. The number of nitrogens with one attached hydrogen (secondary N) is 1. The Hall–Kier alpha value is -2.33. The molecule has 0 spiro atoms. The van der Waals surface area contributed by atoms with Crippen molar-refractivity contribution >= 4 is 12.0 Å². The first-order valence-corrected chi connectivity index (χ1v) is 7.21. The number of carbonyl (C=O) groups is 1. The third kappa shape index (κ3) is 5.58. The van der Waals surface area contributed by atoms with Crippen LogP contribution in [-0.2, 0) is 16.1 Å².